The number of aromatic nitrogens is 2. The lowest BCUT2D eigenvalue weighted by atomic mass is 10.1. The van der Waals surface area contributed by atoms with Gasteiger partial charge in [0.25, 0.3) is 11.8 Å². The number of rotatable bonds is 5. The molecule has 2 aromatic carbocycles. The fourth-order valence-corrected chi connectivity index (χ4v) is 3.36. The number of nitrogens with two attached hydrogens (primary N) is 1. The van der Waals surface area contributed by atoms with Gasteiger partial charge < -0.3 is 20.3 Å². The summed E-state index contributed by atoms with van der Waals surface area (Å²) >= 11 is 0. The third kappa shape index (κ3) is 4.72. The molecule has 3 amide bonds. The minimum Gasteiger partial charge on any atom is -0.457 e. The summed E-state index contributed by atoms with van der Waals surface area (Å²) in [5, 5.41) is 0. The van der Waals surface area contributed by atoms with Crippen LogP contribution in [0, 0.1) is 0 Å². The fourth-order valence-electron chi connectivity index (χ4n) is 3.36. The first-order valence-electron chi connectivity index (χ1n) is 10.0. The molecule has 0 aliphatic carbocycles. The molecule has 32 heavy (non-hydrogen) atoms. The number of benzene rings is 2. The van der Waals surface area contributed by atoms with Crippen molar-refractivity contribution in [1.82, 2.24) is 19.8 Å². The quantitative estimate of drug-likeness (QED) is 0.660. The van der Waals surface area contributed by atoms with Crippen LogP contribution in [0.4, 0.5) is 0 Å². The van der Waals surface area contributed by atoms with Gasteiger partial charge in [-0.3, -0.25) is 19.4 Å². The number of hydrogen-bond donors (Lipinski definition) is 1. The molecule has 1 fully saturated rings. The molecule has 4 rings (SSSR count). The monoisotopic (exact) mass is 431 g/mol. The van der Waals surface area contributed by atoms with Gasteiger partial charge in [0.15, 0.2) is 0 Å². The van der Waals surface area contributed by atoms with Crippen molar-refractivity contribution >= 4 is 17.7 Å². The number of carbonyl (C=O) groups is 3. The molecule has 0 spiro atoms. The molecule has 1 aromatic heterocycles. The average molecular weight is 431 g/mol. The number of ether oxygens (including phenoxy) is 1. The van der Waals surface area contributed by atoms with Crippen LogP contribution in [0.1, 0.15) is 31.2 Å². The number of nitrogens with zero attached hydrogens (tertiary/aromatic N) is 4. The van der Waals surface area contributed by atoms with Gasteiger partial charge in [-0.2, -0.15) is 0 Å². The third-order valence-electron chi connectivity index (χ3n) is 5.11. The molecule has 0 bridgehead atoms. The number of primary amides is 1. The molecule has 162 valence electrons. The molecule has 1 aliphatic rings. The van der Waals surface area contributed by atoms with Gasteiger partial charge in [0.2, 0.25) is 5.91 Å². The summed E-state index contributed by atoms with van der Waals surface area (Å²) in [7, 11) is 0. The Hall–Kier alpha value is -4.27. The number of hydrogen-bond acceptors (Lipinski definition) is 6. The van der Waals surface area contributed by atoms with E-state index in [1.54, 1.807) is 58.3 Å². The van der Waals surface area contributed by atoms with Gasteiger partial charge in [0.1, 0.15) is 17.2 Å². The Balaban J connectivity index is 1.33. The summed E-state index contributed by atoms with van der Waals surface area (Å²) in [5.74, 6) is 0.327. The van der Waals surface area contributed by atoms with Gasteiger partial charge >= 0.3 is 0 Å². The molecule has 0 radical (unpaired) electrons. The van der Waals surface area contributed by atoms with Crippen LogP contribution in [0.15, 0.2) is 67.1 Å². The van der Waals surface area contributed by atoms with Crippen LogP contribution >= 0.6 is 0 Å². The second kappa shape index (κ2) is 9.25. The van der Waals surface area contributed by atoms with Gasteiger partial charge in [0.05, 0.1) is 6.20 Å². The molecule has 0 unspecified atom stereocenters. The molecule has 0 atom stereocenters. The van der Waals surface area contributed by atoms with E-state index in [2.05, 4.69) is 9.97 Å². The van der Waals surface area contributed by atoms with Crippen LogP contribution in [0.3, 0.4) is 0 Å². The van der Waals surface area contributed by atoms with E-state index < -0.39 is 5.91 Å². The van der Waals surface area contributed by atoms with E-state index >= 15 is 0 Å². The van der Waals surface area contributed by atoms with Gasteiger partial charge in [-0.1, -0.05) is 0 Å². The Bertz CT molecular complexity index is 1110. The fraction of sp³-hybridized carbons (Fsp3) is 0.174. The zero-order valence-electron chi connectivity index (χ0n) is 17.2. The SMILES string of the molecule is NC(=O)c1ccc(Oc2ccc(C(=O)N3CCN(C(=O)c4cnccn4)CC3)cc2)cc1. The summed E-state index contributed by atoms with van der Waals surface area (Å²) in [6, 6.07) is 13.3. The zero-order valence-corrected chi connectivity index (χ0v) is 17.2. The summed E-state index contributed by atoms with van der Waals surface area (Å²) in [6.07, 6.45) is 4.44. The average Bonchev–Trinajstić information content (AvgIpc) is 2.84. The van der Waals surface area contributed by atoms with Crippen LogP contribution < -0.4 is 10.5 Å². The minimum atomic E-state index is -0.502. The second-order valence-corrected chi connectivity index (χ2v) is 7.19. The third-order valence-corrected chi connectivity index (χ3v) is 5.11. The highest BCUT2D eigenvalue weighted by Crippen LogP contribution is 2.23. The van der Waals surface area contributed by atoms with Crippen molar-refractivity contribution in [2.45, 2.75) is 0 Å². The summed E-state index contributed by atoms with van der Waals surface area (Å²) in [6.45, 7) is 1.75. The lowest BCUT2D eigenvalue weighted by molar-refractivity contribution is 0.0532. The maximum absolute atomic E-state index is 12.8. The van der Waals surface area contributed by atoms with Crippen LogP contribution in [-0.2, 0) is 0 Å². The van der Waals surface area contributed by atoms with E-state index in [0.29, 0.717) is 54.5 Å². The van der Waals surface area contributed by atoms with Crippen molar-refractivity contribution in [3.8, 4) is 11.5 Å². The maximum Gasteiger partial charge on any atom is 0.274 e. The number of piperazine rings is 1. The van der Waals surface area contributed by atoms with Gasteiger partial charge in [-0.25, -0.2) is 4.98 Å². The highest BCUT2D eigenvalue weighted by molar-refractivity contribution is 5.95. The van der Waals surface area contributed by atoms with Crippen molar-refractivity contribution < 1.29 is 19.1 Å². The van der Waals surface area contributed by atoms with Crippen molar-refractivity contribution in [2.75, 3.05) is 26.2 Å². The molecular formula is C23H21N5O4. The number of carbonyl (C=O) groups excluding carboxylic acids is 3. The van der Waals surface area contributed by atoms with Gasteiger partial charge in [-0.05, 0) is 48.5 Å². The van der Waals surface area contributed by atoms with Crippen LogP contribution in [0.2, 0.25) is 0 Å². The van der Waals surface area contributed by atoms with E-state index in [-0.39, 0.29) is 11.8 Å². The molecule has 0 saturated carbocycles. The second-order valence-electron chi connectivity index (χ2n) is 7.19. The molecule has 2 N–H and O–H groups in total. The zero-order chi connectivity index (χ0) is 22.5. The van der Waals surface area contributed by atoms with E-state index in [9.17, 15) is 14.4 Å². The Morgan fingerprint density at radius 1 is 0.750 bits per heavy atom. The van der Waals surface area contributed by atoms with E-state index in [1.165, 1.54) is 18.6 Å². The Labute approximate surface area is 184 Å². The Kier molecular flexibility index (Phi) is 6.07. The highest BCUT2D eigenvalue weighted by atomic mass is 16.5. The summed E-state index contributed by atoms with van der Waals surface area (Å²) < 4.78 is 5.74. The van der Waals surface area contributed by atoms with E-state index in [0.717, 1.165) is 0 Å². The Morgan fingerprint density at radius 2 is 1.28 bits per heavy atom. The minimum absolute atomic E-state index is 0.103. The molecule has 2 heterocycles. The van der Waals surface area contributed by atoms with Crippen molar-refractivity contribution in [3.63, 3.8) is 0 Å². The first kappa shape index (κ1) is 21.0. The molecular weight excluding hydrogens is 410 g/mol. The lowest BCUT2D eigenvalue weighted by Crippen LogP contribution is -2.50. The molecule has 3 aromatic rings. The predicted molar refractivity (Wildman–Crippen MR) is 115 cm³/mol. The summed E-state index contributed by atoms with van der Waals surface area (Å²) in [5.41, 5.74) is 6.47. The largest absolute Gasteiger partial charge is 0.457 e. The van der Waals surface area contributed by atoms with Crippen LogP contribution in [0.5, 0.6) is 11.5 Å². The number of amides is 3. The summed E-state index contributed by atoms with van der Waals surface area (Å²) in [4.78, 5) is 47.8. The predicted octanol–water partition coefficient (Wildman–Crippen LogP) is 1.97. The molecule has 9 heteroatoms. The van der Waals surface area contributed by atoms with E-state index in [4.69, 9.17) is 10.5 Å². The van der Waals surface area contributed by atoms with Crippen molar-refractivity contribution in [1.29, 1.82) is 0 Å². The van der Waals surface area contributed by atoms with Crippen molar-refractivity contribution in [2.24, 2.45) is 5.73 Å². The lowest BCUT2D eigenvalue weighted by Gasteiger charge is -2.34. The normalized spacial score (nSPS) is 13.5. The smallest absolute Gasteiger partial charge is 0.274 e. The molecule has 1 aliphatic heterocycles. The van der Waals surface area contributed by atoms with Gasteiger partial charge in [-0.15, -0.1) is 0 Å². The van der Waals surface area contributed by atoms with Crippen LogP contribution in [0.25, 0.3) is 0 Å². The first-order valence-corrected chi connectivity index (χ1v) is 10.0. The van der Waals surface area contributed by atoms with Crippen molar-refractivity contribution in [3.05, 3.63) is 83.9 Å². The standard InChI is InChI=1S/C23H21N5O4/c24-21(29)16-1-5-18(6-2-16)32-19-7-3-17(4-8-19)22(30)27-11-13-28(14-12-27)23(31)20-15-25-9-10-26-20/h1-10,15H,11-14H2,(H2,24,29). The first-order chi connectivity index (χ1) is 15.5. The topological polar surface area (TPSA) is 119 Å². The molecule has 9 nitrogen and oxygen atoms in total. The van der Waals surface area contributed by atoms with E-state index in [1.807, 2.05) is 0 Å². The van der Waals surface area contributed by atoms with Crippen LogP contribution in [-0.4, -0.2) is 63.7 Å². The Morgan fingerprint density at radius 3 is 1.78 bits per heavy atom. The highest BCUT2D eigenvalue weighted by Gasteiger charge is 2.26. The maximum atomic E-state index is 12.8. The molecule has 1 saturated heterocycles. The van der Waals surface area contributed by atoms with Gasteiger partial charge in [0, 0.05) is 49.7 Å².